The van der Waals surface area contributed by atoms with Crippen LogP contribution in [0.3, 0.4) is 0 Å². The van der Waals surface area contributed by atoms with E-state index in [1.54, 1.807) is 0 Å². The second kappa shape index (κ2) is 4.99. The van der Waals surface area contributed by atoms with Crippen LogP contribution in [0.5, 0.6) is 0 Å². The van der Waals surface area contributed by atoms with Gasteiger partial charge in [0.2, 0.25) is 0 Å². The largest absolute Gasteiger partial charge is 0.299 e. The van der Waals surface area contributed by atoms with Gasteiger partial charge in [-0.05, 0) is 0 Å². The van der Waals surface area contributed by atoms with Gasteiger partial charge in [0.1, 0.15) is 0 Å². The number of rotatable bonds is 0. The predicted molar refractivity (Wildman–Crippen MR) is 13.4 cm³/mol. The molecule has 3 nitrogen and oxygen atoms in total. The van der Waals surface area contributed by atoms with Crippen molar-refractivity contribution in [2.75, 3.05) is 0 Å². The molecule has 0 spiro atoms. The maximum absolute atomic E-state index is 8.67. The first-order chi connectivity index (χ1) is 1.73. The van der Waals surface area contributed by atoms with Crippen molar-refractivity contribution in [1.82, 2.24) is 0 Å². The van der Waals surface area contributed by atoms with Gasteiger partial charge >= 0.3 is 0 Å². The second-order valence-corrected chi connectivity index (χ2v) is 0.692. The molecule has 0 aliphatic heterocycles. The van der Waals surface area contributed by atoms with Crippen molar-refractivity contribution in [3.8, 4) is 0 Å². The fourth-order valence-electron chi connectivity index (χ4n) is 0. The van der Waals surface area contributed by atoms with E-state index in [1.165, 1.54) is 0 Å². The molecule has 0 unspecified atom stereocenters. The van der Waals surface area contributed by atoms with Crippen molar-refractivity contribution in [2.45, 2.75) is 0 Å². The van der Waals surface area contributed by atoms with E-state index in [2.05, 4.69) is 0 Å². The quantitative estimate of drug-likeness (QED) is 0.410. The van der Waals surface area contributed by atoms with Gasteiger partial charge in [-0.25, -0.2) is 0 Å². The molecule has 0 amide bonds. The van der Waals surface area contributed by atoms with Gasteiger partial charge in [-0.2, -0.15) is 4.21 Å². The molecule has 0 saturated heterocycles. The van der Waals surface area contributed by atoms with Gasteiger partial charge in [0.25, 0.3) is 11.4 Å². The van der Waals surface area contributed by atoms with Gasteiger partial charge in [0.05, 0.1) is 0 Å². The summed E-state index contributed by atoms with van der Waals surface area (Å²) in [4.78, 5) is 0. The molecule has 2 N–H and O–H groups in total. The van der Waals surface area contributed by atoms with E-state index in [9.17, 15) is 0 Å². The molecule has 0 aromatic rings. The molecule has 28 valence electrons. The fraction of sp³-hybridized carbons (Fsp3) is 0. The van der Waals surface area contributed by atoms with E-state index in [0.717, 1.165) is 0 Å². The van der Waals surface area contributed by atoms with E-state index >= 15 is 0 Å². The minimum absolute atomic E-state index is 0. The predicted octanol–water partition coefficient (Wildman–Crippen LogP) is -0.321. The molecule has 5 heteroatoms. The summed E-state index contributed by atoms with van der Waals surface area (Å²) in [6.07, 6.45) is 0. The molecule has 0 fully saturated rings. The molecular weight excluding hydrogens is 192 g/mol. The normalized spacial score (nSPS) is 7.00. The molecule has 0 aromatic carbocycles. The first kappa shape index (κ1) is 9.37. The topological polar surface area (TPSA) is 57.5 Å². The van der Waals surface area contributed by atoms with Crippen LogP contribution in [0.4, 0.5) is 0 Å². The number of hydrogen-bond acceptors (Lipinski definition) is 1. The van der Waals surface area contributed by atoms with Crippen molar-refractivity contribution in [3.63, 3.8) is 0 Å². The number of hydrogen-bond donors (Lipinski definition) is 2. The zero-order valence-electron chi connectivity index (χ0n) is 2.42. The van der Waals surface area contributed by atoms with Gasteiger partial charge in [-0.15, -0.1) is 0 Å². The zero-order valence-corrected chi connectivity index (χ0v) is 7.27. The van der Waals surface area contributed by atoms with Crippen molar-refractivity contribution < 1.29 is 40.6 Å². The Morgan fingerprint density at radius 1 is 1.40 bits per heavy atom. The summed E-state index contributed by atoms with van der Waals surface area (Å²) in [6, 6.07) is 0. The first-order valence-corrected chi connectivity index (χ1v) is 1.60. The molecule has 0 heterocycles. The third-order valence-corrected chi connectivity index (χ3v) is 0. The van der Waals surface area contributed by atoms with Crippen molar-refractivity contribution in [1.29, 1.82) is 0 Å². The Morgan fingerprint density at radius 3 is 1.40 bits per heavy atom. The van der Waals surface area contributed by atoms with Gasteiger partial charge < -0.3 is 0 Å². The van der Waals surface area contributed by atoms with Crippen LogP contribution in [0.1, 0.15) is 0 Å². The molecular formula is H2CdO3S. The summed E-state index contributed by atoms with van der Waals surface area (Å²) >= 11 is -2.61. The second-order valence-electron chi connectivity index (χ2n) is 0.231. The van der Waals surface area contributed by atoms with E-state index in [1.807, 2.05) is 0 Å². The van der Waals surface area contributed by atoms with Gasteiger partial charge in [0, 0.05) is 27.3 Å². The molecule has 0 atom stereocenters. The average molecular weight is 194 g/mol. The summed E-state index contributed by atoms with van der Waals surface area (Å²) in [5, 5.41) is 0. The molecule has 0 saturated carbocycles. The molecule has 0 aliphatic carbocycles. The van der Waals surface area contributed by atoms with E-state index in [4.69, 9.17) is 13.3 Å². The molecule has 0 radical (unpaired) electrons. The monoisotopic (exact) mass is 196 g/mol. The Morgan fingerprint density at radius 2 is 1.40 bits per heavy atom. The SMILES string of the molecule is O=S(O)O.[Cd]. The maximum Gasteiger partial charge on any atom is 0.299 e. The van der Waals surface area contributed by atoms with Crippen LogP contribution in [-0.2, 0) is 38.7 Å². The van der Waals surface area contributed by atoms with Crippen LogP contribution >= 0.6 is 0 Å². The van der Waals surface area contributed by atoms with Gasteiger partial charge in [0.15, 0.2) is 0 Å². The zero-order chi connectivity index (χ0) is 3.58. The summed E-state index contributed by atoms with van der Waals surface area (Å²) in [6.45, 7) is 0. The van der Waals surface area contributed by atoms with E-state index in [0.29, 0.717) is 0 Å². The smallest absolute Gasteiger partial charge is 0.284 e. The van der Waals surface area contributed by atoms with Crippen molar-refractivity contribution in [3.05, 3.63) is 0 Å². The Hall–Kier alpha value is 0.992. The van der Waals surface area contributed by atoms with Gasteiger partial charge in [-0.3, -0.25) is 9.11 Å². The Balaban J connectivity index is 0. The maximum atomic E-state index is 8.67. The van der Waals surface area contributed by atoms with Crippen LogP contribution < -0.4 is 0 Å². The van der Waals surface area contributed by atoms with Crippen LogP contribution in [0.25, 0.3) is 0 Å². The van der Waals surface area contributed by atoms with Crippen LogP contribution in [0.2, 0.25) is 0 Å². The third-order valence-electron chi connectivity index (χ3n) is 0. The van der Waals surface area contributed by atoms with Crippen molar-refractivity contribution >= 4 is 11.4 Å². The molecule has 0 aliphatic rings. The summed E-state index contributed by atoms with van der Waals surface area (Å²) in [5.41, 5.74) is 0. The molecule has 5 heavy (non-hydrogen) atoms. The van der Waals surface area contributed by atoms with Crippen LogP contribution in [0, 0.1) is 0 Å². The average Bonchev–Trinajstić information content (AvgIpc) is 0.811. The molecule has 0 rings (SSSR count). The first-order valence-electron chi connectivity index (χ1n) is 0.532. The standard InChI is InChI=1S/Cd.H2O3S/c;1-4(2)3/h;(H2,1,2,3). The summed E-state index contributed by atoms with van der Waals surface area (Å²) < 4.78 is 22.8. The van der Waals surface area contributed by atoms with E-state index in [-0.39, 0.29) is 27.3 Å². The Labute approximate surface area is 52.0 Å². The third kappa shape index (κ3) is 45.4. The minimum atomic E-state index is -2.61. The van der Waals surface area contributed by atoms with E-state index < -0.39 is 11.4 Å². The Kier molecular flexibility index (Phi) is 9.36. The molecule has 0 bridgehead atoms. The van der Waals surface area contributed by atoms with Crippen molar-refractivity contribution in [2.24, 2.45) is 0 Å². The van der Waals surface area contributed by atoms with Gasteiger partial charge in [-0.1, -0.05) is 0 Å². The van der Waals surface area contributed by atoms with Crippen LogP contribution in [0.15, 0.2) is 0 Å². The Bertz CT molecular complexity index is 29.9. The minimum Gasteiger partial charge on any atom is -0.284 e. The fourth-order valence-corrected chi connectivity index (χ4v) is 0. The summed E-state index contributed by atoms with van der Waals surface area (Å²) in [7, 11) is 0. The molecule has 0 aromatic heterocycles. The van der Waals surface area contributed by atoms with Crippen LogP contribution in [-0.4, -0.2) is 13.3 Å². The summed E-state index contributed by atoms with van der Waals surface area (Å²) in [5.74, 6) is 0.